The molecule has 0 spiro atoms. The molecule has 1 aliphatic rings. The molecule has 0 radical (unpaired) electrons. The second-order valence-electron chi connectivity index (χ2n) is 5.31. The van der Waals surface area contributed by atoms with Gasteiger partial charge in [0.05, 0.1) is 16.3 Å². The zero-order chi connectivity index (χ0) is 14.0. The fraction of sp³-hybridized carbons (Fsp3) is 0.538. The summed E-state index contributed by atoms with van der Waals surface area (Å²) in [5.74, 6) is 0.561. The Balaban J connectivity index is 2.24. The molecule has 106 valence electrons. The number of primary sulfonamides is 1. The number of nitrogen functional groups attached to an aromatic ring is 1. The first-order chi connectivity index (χ1) is 8.88. The van der Waals surface area contributed by atoms with E-state index < -0.39 is 10.0 Å². The number of benzene rings is 1. The molecule has 2 unspecified atom stereocenters. The van der Waals surface area contributed by atoms with E-state index in [-0.39, 0.29) is 4.90 Å². The molecular formula is C13H21N3O2S. The summed E-state index contributed by atoms with van der Waals surface area (Å²) in [6.07, 6.45) is 4.72. The minimum atomic E-state index is -3.69. The monoisotopic (exact) mass is 283 g/mol. The lowest BCUT2D eigenvalue weighted by molar-refractivity contribution is 0.349. The van der Waals surface area contributed by atoms with Gasteiger partial charge in [0.2, 0.25) is 10.0 Å². The maximum absolute atomic E-state index is 11.4. The molecule has 2 atom stereocenters. The molecule has 2 rings (SSSR count). The predicted octanol–water partition coefficient (Wildman–Crippen LogP) is 1.91. The molecule has 19 heavy (non-hydrogen) atoms. The molecule has 5 N–H and O–H groups in total. The minimum Gasteiger partial charge on any atom is -0.397 e. The van der Waals surface area contributed by atoms with E-state index >= 15 is 0 Å². The van der Waals surface area contributed by atoms with E-state index in [1.165, 1.54) is 31.4 Å². The highest BCUT2D eigenvalue weighted by Crippen LogP contribution is 2.30. The molecule has 5 nitrogen and oxygen atoms in total. The highest BCUT2D eigenvalue weighted by atomic mass is 32.2. The summed E-state index contributed by atoms with van der Waals surface area (Å²) in [6.45, 7) is 2.20. The summed E-state index contributed by atoms with van der Waals surface area (Å²) in [4.78, 5) is 0.0904. The van der Waals surface area contributed by atoms with Crippen molar-refractivity contribution in [2.75, 3.05) is 11.1 Å². The van der Waals surface area contributed by atoms with Crippen molar-refractivity contribution in [3.63, 3.8) is 0 Å². The number of nitrogens with two attached hydrogens (primary N) is 2. The van der Waals surface area contributed by atoms with Gasteiger partial charge in [0.1, 0.15) is 0 Å². The zero-order valence-corrected chi connectivity index (χ0v) is 11.9. The van der Waals surface area contributed by atoms with Gasteiger partial charge in [-0.05, 0) is 37.0 Å². The number of hydrogen-bond donors (Lipinski definition) is 3. The highest BCUT2D eigenvalue weighted by Gasteiger charge is 2.22. The second kappa shape index (κ2) is 5.38. The SMILES string of the molecule is CC1CCCCC1Nc1cc(S(N)(=O)=O)ccc1N. The van der Waals surface area contributed by atoms with Crippen LogP contribution in [-0.2, 0) is 10.0 Å². The summed E-state index contributed by atoms with van der Waals surface area (Å²) in [7, 11) is -3.69. The van der Waals surface area contributed by atoms with Crippen LogP contribution in [0, 0.1) is 5.92 Å². The molecule has 0 aliphatic heterocycles. The summed E-state index contributed by atoms with van der Waals surface area (Å²) < 4.78 is 22.7. The Morgan fingerprint density at radius 1 is 1.26 bits per heavy atom. The van der Waals surface area contributed by atoms with Crippen LogP contribution in [0.4, 0.5) is 11.4 Å². The van der Waals surface area contributed by atoms with Crippen LogP contribution in [0.5, 0.6) is 0 Å². The van der Waals surface area contributed by atoms with Gasteiger partial charge in [-0.1, -0.05) is 19.8 Å². The number of sulfonamides is 1. The Bertz CT molecular complexity index is 557. The van der Waals surface area contributed by atoms with E-state index in [2.05, 4.69) is 12.2 Å². The molecule has 1 aromatic carbocycles. The lowest BCUT2D eigenvalue weighted by Gasteiger charge is -2.30. The third-order valence-electron chi connectivity index (χ3n) is 3.81. The Morgan fingerprint density at radius 2 is 1.95 bits per heavy atom. The Hall–Kier alpha value is -1.27. The maximum atomic E-state index is 11.4. The highest BCUT2D eigenvalue weighted by molar-refractivity contribution is 7.89. The fourth-order valence-corrected chi connectivity index (χ4v) is 3.11. The average molecular weight is 283 g/mol. The maximum Gasteiger partial charge on any atom is 0.238 e. The van der Waals surface area contributed by atoms with Gasteiger partial charge in [0.15, 0.2) is 0 Å². The van der Waals surface area contributed by atoms with E-state index in [1.54, 1.807) is 6.07 Å². The van der Waals surface area contributed by atoms with Gasteiger partial charge in [0.25, 0.3) is 0 Å². The number of anilines is 2. The van der Waals surface area contributed by atoms with Crippen LogP contribution in [0.25, 0.3) is 0 Å². The molecule has 0 heterocycles. The minimum absolute atomic E-state index is 0.0904. The quantitative estimate of drug-likeness (QED) is 0.738. The molecule has 1 aliphatic carbocycles. The van der Waals surface area contributed by atoms with Crippen molar-refractivity contribution in [3.8, 4) is 0 Å². The van der Waals surface area contributed by atoms with E-state index in [4.69, 9.17) is 10.9 Å². The summed E-state index contributed by atoms with van der Waals surface area (Å²) >= 11 is 0. The van der Waals surface area contributed by atoms with Crippen LogP contribution in [0.3, 0.4) is 0 Å². The Morgan fingerprint density at radius 3 is 2.58 bits per heavy atom. The number of nitrogens with one attached hydrogen (secondary N) is 1. The molecule has 0 saturated heterocycles. The van der Waals surface area contributed by atoms with Crippen LogP contribution in [0.1, 0.15) is 32.6 Å². The molecular weight excluding hydrogens is 262 g/mol. The van der Waals surface area contributed by atoms with Crippen LogP contribution in [0.2, 0.25) is 0 Å². The molecule has 0 bridgehead atoms. The van der Waals surface area contributed by atoms with Crippen LogP contribution in [0.15, 0.2) is 23.1 Å². The van der Waals surface area contributed by atoms with Gasteiger partial charge in [-0.2, -0.15) is 0 Å². The molecule has 6 heteroatoms. The summed E-state index contributed by atoms with van der Waals surface area (Å²) in [5.41, 5.74) is 7.10. The second-order valence-corrected chi connectivity index (χ2v) is 6.87. The van der Waals surface area contributed by atoms with E-state index in [9.17, 15) is 8.42 Å². The molecule has 0 amide bonds. The van der Waals surface area contributed by atoms with Gasteiger partial charge in [0, 0.05) is 6.04 Å². The van der Waals surface area contributed by atoms with Crippen molar-refractivity contribution in [3.05, 3.63) is 18.2 Å². The average Bonchev–Trinajstić information content (AvgIpc) is 2.33. The lowest BCUT2D eigenvalue weighted by atomic mass is 9.86. The van der Waals surface area contributed by atoms with Crippen molar-refractivity contribution < 1.29 is 8.42 Å². The number of rotatable bonds is 3. The van der Waals surface area contributed by atoms with Crippen LogP contribution >= 0.6 is 0 Å². The normalized spacial score (nSPS) is 24.1. The first kappa shape index (κ1) is 14.1. The van der Waals surface area contributed by atoms with Crippen molar-refractivity contribution in [1.29, 1.82) is 0 Å². The third-order valence-corrected chi connectivity index (χ3v) is 4.72. The fourth-order valence-electron chi connectivity index (χ4n) is 2.57. The standard InChI is InChI=1S/C13H21N3O2S/c1-9-4-2-3-5-12(9)16-13-8-10(19(15,17)18)6-7-11(13)14/h6-9,12,16H,2-5,14H2,1H3,(H2,15,17,18). The molecule has 1 aromatic rings. The largest absolute Gasteiger partial charge is 0.397 e. The van der Waals surface area contributed by atoms with Gasteiger partial charge < -0.3 is 11.1 Å². The summed E-state index contributed by atoms with van der Waals surface area (Å²) in [5, 5.41) is 8.51. The van der Waals surface area contributed by atoms with Crippen molar-refractivity contribution >= 4 is 21.4 Å². The number of hydrogen-bond acceptors (Lipinski definition) is 4. The zero-order valence-electron chi connectivity index (χ0n) is 11.1. The van der Waals surface area contributed by atoms with E-state index in [0.29, 0.717) is 23.3 Å². The van der Waals surface area contributed by atoms with Crippen molar-refractivity contribution in [1.82, 2.24) is 0 Å². The molecule has 0 aromatic heterocycles. The van der Waals surface area contributed by atoms with Gasteiger partial charge >= 0.3 is 0 Å². The first-order valence-corrected chi connectivity index (χ1v) is 8.11. The smallest absolute Gasteiger partial charge is 0.238 e. The van der Waals surface area contributed by atoms with Crippen molar-refractivity contribution in [2.45, 2.75) is 43.5 Å². The van der Waals surface area contributed by atoms with Gasteiger partial charge in [-0.3, -0.25) is 0 Å². The van der Waals surface area contributed by atoms with Crippen LogP contribution in [-0.4, -0.2) is 14.5 Å². The van der Waals surface area contributed by atoms with Crippen LogP contribution < -0.4 is 16.2 Å². The van der Waals surface area contributed by atoms with Gasteiger partial charge in [-0.25, -0.2) is 13.6 Å². The topological polar surface area (TPSA) is 98.2 Å². The lowest BCUT2D eigenvalue weighted by Crippen LogP contribution is -2.30. The Kier molecular flexibility index (Phi) is 4.01. The Labute approximate surface area is 114 Å². The first-order valence-electron chi connectivity index (χ1n) is 6.57. The third kappa shape index (κ3) is 3.39. The molecule has 1 fully saturated rings. The molecule has 1 saturated carbocycles. The predicted molar refractivity (Wildman–Crippen MR) is 77.3 cm³/mol. The summed E-state index contributed by atoms with van der Waals surface area (Å²) in [6, 6.07) is 4.87. The van der Waals surface area contributed by atoms with Crippen molar-refractivity contribution in [2.24, 2.45) is 11.1 Å². The van der Waals surface area contributed by atoms with E-state index in [0.717, 1.165) is 6.42 Å². The van der Waals surface area contributed by atoms with E-state index in [1.807, 2.05) is 0 Å². The van der Waals surface area contributed by atoms with Gasteiger partial charge in [-0.15, -0.1) is 0 Å².